The van der Waals surface area contributed by atoms with Crippen molar-refractivity contribution < 1.29 is 9.53 Å². The highest BCUT2D eigenvalue weighted by Crippen LogP contribution is 2.23. The summed E-state index contributed by atoms with van der Waals surface area (Å²) in [6.45, 7) is 2.62. The predicted octanol–water partition coefficient (Wildman–Crippen LogP) is 2.23. The molecule has 0 unspecified atom stereocenters. The van der Waals surface area contributed by atoms with Crippen LogP contribution in [0.3, 0.4) is 0 Å². The fourth-order valence-electron chi connectivity index (χ4n) is 1.78. The van der Waals surface area contributed by atoms with Crippen LogP contribution in [0, 0.1) is 0 Å². The molecule has 0 fully saturated rings. The minimum atomic E-state index is -0.145. The molecule has 0 bridgehead atoms. The number of halogens is 1. The zero-order valence-electron chi connectivity index (χ0n) is 11.1. The van der Waals surface area contributed by atoms with E-state index in [1.54, 1.807) is 12.5 Å². The van der Waals surface area contributed by atoms with E-state index in [4.69, 9.17) is 4.74 Å². The third-order valence-corrected chi connectivity index (χ3v) is 3.30. The van der Waals surface area contributed by atoms with E-state index >= 15 is 0 Å². The summed E-state index contributed by atoms with van der Waals surface area (Å²) in [4.78, 5) is 15.8. The zero-order chi connectivity index (χ0) is 14.4. The SMILES string of the molecule is C[C@@H](Cn1ccnc1)NC(=O)COc1ccccc1Br. The zero-order valence-corrected chi connectivity index (χ0v) is 12.7. The summed E-state index contributed by atoms with van der Waals surface area (Å²) < 4.78 is 8.21. The van der Waals surface area contributed by atoms with Gasteiger partial charge >= 0.3 is 0 Å². The van der Waals surface area contributed by atoms with Gasteiger partial charge in [0.1, 0.15) is 5.75 Å². The first-order chi connectivity index (χ1) is 9.65. The Morgan fingerprint density at radius 2 is 2.30 bits per heavy atom. The highest BCUT2D eigenvalue weighted by atomic mass is 79.9. The van der Waals surface area contributed by atoms with Crippen LogP contribution in [0.5, 0.6) is 5.75 Å². The Kier molecular flexibility index (Phi) is 5.17. The van der Waals surface area contributed by atoms with Crippen molar-refractivity contribution >= 4 is 21.8 Å². The summed E-state index contributed by atoms with van der Waals surface area (Å²) in [5.74, 6) is 0.512. The topological polar surface area (TPSA) is 56.2 Å². The number of hydrogen-bond donors (Lipinski definition) is 1. The molecule has 0 saturated heterocycles. The van der Waals surface area contributed by atoms with Crippen LogP contribution >= 0.6 is 15.9 Å². The molecule has 20 heavy (non-hydrogen) atoms. The van der Waals surface area contributed by atoms with Crippen LogP contribution in [-0.4, -0.2) is 28.1 Å². The van der Waals surface area contributed by atoms with E-state index in [1.165, 1.54) is 0 Å². The average Bonchev–Trinajstić information content (AvgIpc) is 2.90. The first-order valence-electron chi connectivity index (χ1n) is 6.27. The lowest BCUT2D eigenvalue weighted by molar-refractivity contribution is -0.123. The average molecular weight is 338 g/mol. The molecule has 0 radical (unpaired) electrons. The van der Waals surface area contributed by atoms with Crippen LogP contribution in [-0.2, 0) is 11.3 Å². The van der Waals surface area contributed by atoms with E-state index in [0.29, 0.717) is 12.3 Å². The normalized spacial score (nSPS) is 11.9. The third kappa shape index (κ3) is 4.38. The van der Waals surface area contributed by atoms with E-state index in [2.05, 4.69) is 26.2 Å². The number of ether oxygens (including phenoxy) is 1. The molecule has 1 aromatic carbocycles. The highest BCUT2D eigenvalue weighted by Gasteiger charge is 2.09. The van der Waals surface area contributed by atoms with E-state index in [0.717, 1.165) is 4.47 Å². The number of imidazole rings is 1. The lowest BCUT2D eigenvalue weighted by Crippen LogP contribution is -2.38. The molecule has 106 valence electrons. The minimum Gasteiger partial charge on any atom is -0.483 e. The minimum absolute atomic E-state index is 0.00309. The molecule has 0 saturated carbocycles. The van der Waals surface area contributed by atoms with Gasteiger partial charge in [0.2, 0.25) is 0 Å². The Balaban J connectivity index is 1.76. The number of carbonyl (C=O) groups is 1. The maximum atomic E-state index is 11.8. The first kappa shape index (κ1) is 14.6. The molecular formula is C14H16BrN3O2. The molecule has 6 heteroatoms. The van der Waals surface area contributed by atoms with Crippen molar-refractivity contribution in [1.29, 1.82) is 0 Å². The molecule has 0 spiro atoms. The number of para-hydroxylation sites is 1. The Labute approximate surface area is 126 Å². The number of amides is 1. The van der Waals surface area contributed by atoms with Gasteiger partial charge in [-0.05, 0) is 35.0 Å². The second kappa shape index (κ2) is 7.09. The van der Waals surface area contributed by atoms with Crippen molar-refractivity contribution in [3.05, 3.63) is 47.5 Å². The first-order valence-corrected chi connectivity index (χ1v) is 7.07. The lowest BCUT2D eigenvalue weighted by atomic mass is 10.3. The van der Waals surface area contributed by atoms with Crippen molar-refractivity contribution in [2.24, 2.45) is 0 Å². The standard InChI is InChI=1S/C14H16BrN3O2/c1-11(8-18-7-6-16-10-18)17-14(19)9-20-13-5-3-2-4-12(13)15/h2-7,10-11H,8-9H2,1H3,(H,17,19)/t11-/m0/s1. The number of aromatic nitrogens is 2. The molecule has 0 aliphatic carbocycles. The smallest absolute Gasteiger partial charge is 0.258 e. The Morgan fingerprint density at radius 1 is 1.50 bits per heavy atom. The number of carbonyl (C=O) groups excluding carboxylic acids is 1. The third-order valence-electron chi connectivity index (χ3n) is 2.65. The van der Waals surface area contributed by atoms with Crippen molar-refractivity contribution in [3.8, 4) is 5.75 Å². The fourth-order valence-corrected chi connectivity index (χ4v) is 2.18. The number of nitrogens with zero attached hydrogens (tertiary/aromatic N) is 2. The van der Waals surface area contributed by atoms with E-state index in [1.807, 2.05) is 42.0 Å². The Bertz CT molecular complexity index is 557. The van der Waals surface area contributed by atoms with Crippen LogP contribution in [0.2, 0.25) is 0 Å². The number of hydrogen-bond acceptors (Lipinski definition) is 3. The maximum Gasteiger partial charge on any atom is 0.258 e. The van der Waals surface area contributed by atoms with Crippen molar-refractivity contribution in [3.63, 3.8) is 0 Å². The molecule has 0 aliphatic heterocycles. The van der Waals surface area contributed by atoms with Crippen LogP contribution in [0.25, 0.3) is 0 Å². The highest BCUT2D eigenvalue weighted by molar-refractivity contribution is 9.10. The molecule has 1 aromatic heterocycles. The summed E-state index contributed by atoms with van der Waals surface area (Å²) in [6.07, 6.45) is 5.30. The molecule has 2 rings (SSSR count). The number of benzene rings is 1. The second-order valence-corrected chi connectivity index (χ2v) is 5.30. The van der Waals surface area contributed by atoms with E-state index < -0.39 is 0 Å². The number of rotatable bonds is 6. The summed E-state index contributed by atoms with van der Waals surface area (Å²) >= 11 is 3.37. The van der Waals surface area contributed by atoms with Gasteiger partial charge in [-0.25, -0.2) is 4.98 Å². The maximum absolute atomic E-state index is 11.8. The second-order valence-electron chi connectivity index (χ2n) is 4.45. The van der Waals surface area contributed by atoms with E-state index in [-0.39, 0.29) is 18.6 Å². The molecule has 1 heterocycles. The van der Waals surface area contributed by atoms with Gasteiger partial charge in [-0.1, -0.05) is 12.1 Å². The quantitative estimate of drug-likeness (QED) is 0.879. The molecule has 0 aliphatic rings. The Hall–Kier alpha value is -1.82. The molecule has 1 amide bonds. The summed E-state index contributed by atoms with van der Waals surface area (Å²) in [5.41, 5.74) is 0. The summed E-state index contributed by atoms with van der Waals surface area (Å²) in [6, 6.07) is 7.45. The van der Waals surface area contributed by atoms with Crippen LogP contribution < -0.4 is 10.1 Å². The van der Waals surface area contributed by atoms with Gasteiger partial charge in [-0.15, -0.1) is 0 Å². The van der Waals surface area contributed by atoms with Gasteiger partial charge < -0.3 is 14.6 Å². The fraction of sp³-hybridized carbons (Fsp3) is 0.286. The van der Waals surface area contributed by atoms with Gasteiger partial charge in [0, 0.05) is 25.0 Å². The van der Waals surface area contributed by atoms with Gasteiger partial charge in [0.15, 0.2) is 6.61 Å². The van der Waals surface area contributed by atoms with Gasteiger partial charge in [0.05, 0.1) is 10.8 Å². The molecule has 5 nitrogen and oxygen atoms in total. The lowest BCUT2D eigenvalue weighted by Gasteiger charge is -2.15. The van der Waals surface area contributed by atoms with Crippen molar-refractivity contribution in [2.45, 2.75) is 19.5 Å². The molecule has 1 N–H and O–H groups in total. The predicted molar refractivity (Wildman–Crippen MR) is 79.5 cm³/mol. The van der Waals surface area contributed by atoms with E-state index in [9.17, 15) is 4.79 Å². The summed E-state index contributed by atoms with van der Waals surface area (Å²) in [5, 5.41) is 2.88. The molecular weight excluding hydrogens is 322 g/mol. The van der Waals surface area contributed by atoms with Gasteiger partial charge in [-0.2, -0.15) is 0 Å². The van der Waals surface area contributed by atoms with Crippen molar-refractivity contribution in [1.82, 2.24) is 14.9 Å². The molecule has 2 aromatic rings. The number of nitrogens with one attached hydrogen (secondary N) is 1. The van der Waals surface area contributed by atoms with Crippen LogP contribution in [0.1, 0.15) is 6.92 Å². The Morgan fingerprint density at radius 3 is 3.00 bits per heavy atom. The van der Waals surface area contributed by atoms with Gasteiger partial charge in [0.25, 0.3) is 5.91 Å². The largest absolute Gasteiger partial charge is 0.483 e. The summed E-state index contributed by atoms with van der Waals surface area (Å²) in [7, 11) is 0. The molecule has 1 atom stereocenters. The van der Waals surface area contributed by atoms with Gasteiger partial charge in [-0.3, -0.25) is 4.79 Å². The van der Waals surface area contributed by atoms with Crippen LogP contribution in [0.15, 0.2) is 47.5 Å². The monoisotopic (exact) mass is 337 g/mol. The van der Waals surface area contributed by atoms with Crippen molar-refractivity contribution in [2.75, 3.05) is 6.61 Å². The van der Waals surface area contributed by atoms with Crippen LogP contribution in [0.4, 0.5) is 0 Å².